The number of halogens is 4. The number of anilines is 1. The van der Waals surface area contributed by atoms with E-state index in [4.69, 9.17) is 4.74 Å². The molecule has 1 aromatic heterocycles. The summed E-state index contributed by atoms with van der Waals surface area (Å²) in [4.78, 5) is 31.4. The van der Waals surface area contributed by atoms with E-state index < -0.39 is 41.3 Å². The van der Waals surface area contributed by atoms with Crippen LogP contribution in [0.5, 0.6) is 5.75 Å². The zero-order valence-corrected chi connectivity index (χ0v) is 22.7. The van der Waals surface area contributed by atoms with Crippen LogP contribution in [0.15, 0.2) is 72.1 Å². The van der Waals surface area contributed by atoms with E-state index in [1.54, 1.807) is 24.5 Å². The largest absolute Gasteiger partial charge is 0.496 e. The number of amides is 2. The van der Waals surface area contributed by atoms with Crippen molar-refractivity contribution in [3.63, 3.8) is 0 Å². The van der Waals surface area contributed by atoms with Gasteiger partial charge in [-0.2, -0.15) is 13.2 Å². The van der Waals surface area contributed by atoms with Gasteiger partial charge in [0.25, 0.3) is 5.91 Å². The molecular weight excluding hydrogens is 538 g/mol. The van der Waals surface area contributed by atoms with Gasteiger partial charge in [-0.05, 0) is 86.2 Å². The predicted octanol–water partition coefficient (Wildman–Crippen LogP) is 6.64. The van der Waals surface area contributed by atoms with E-state index in [1.807, 2.05) is 32.0 Å². The Balaban J connectivity index is 1.46. The van der Waals surface area contributed by atoms with Gasteiger partial charge in [-0.1, -0.05) is 17.2 Å². The van der Waals surface area contributed by atoms with E-state index in [0.717, 1.165) is 34.8 Å². The van der Waals surface area contributed by atoms with Crippen molar-refractivity contribution in [3.8, 4) is 16.9 Å². The van der Waals surface area contributed by atoms with Crippen molar-refractivity contribution in [2.45, 2.75) is 38.9 Å². The first-order valence-electron chi connectivity index (χ1n) is 13.2. The van der Waals surface area contributed by atoms with Crippen LogP contribution in [-0.2, 0) is 11.0 Å². The fourth-order valence-corrected chi connectivity index (χ4v) is 6.35. The highest BCUT2D eigenvalue weighted by Crippen LogP contribution is 2.54. The number of pyridine rings is 1. The maximum Gasteiger partial charge on any atom is 0.419 e. The van der Waals surface area contributed by atoms with Gasteiger partial charge in [0.05, 0.1) is 24.2 Å². The smallest absolute Gasteiger partial charge is 0.419 e. The third-order valence-electron chi connectivity index (χ3n) is 8.02. The van der Waals surface area contributed by atoms with Crippen LogP contribution in [0.1, 0.15) is 42.6 Å². The molecule has 41 heavy (non-hydrogen) atoms. The van der Waals surface area contributed by atoms with E-state index >= 15 is 0 Å². The molecular formula is C31H29F4N3O3. The second kappa shape index (κ2) is 11.0. The number of fused-ring (bicyclic) bond motifs is 2. The Morgan fingerprint density at radius 3 is 2.32 bits per heavy atom. The number of alkyl halides is 3. The number of allylic oxidation sites excluding steroid dienone is 1. The minimum absolute atomic E-state index is 0.0990. The maximum atomic E-state index is 13.8. The van der Waals surface area contributed by atoms with Crippen LogP contribution < -0.4 is 15.4 Å². The number of nitrogens with one attached hydrogen (secondary N) is 2. The van der Waals surface area contributed by atoms with Gasteiger partial charge in [0.2, 0.25) is 5.91 Å². The SMILES string of the molecule is COc1ccc(-c2ccncc2)cc1C(=O)N[C@@H]1C2CCC(C2=C(C)C)[C@@H]1C(=O)Nc1ccc(F)c(C(F)(F)F)c1. The van der Waals surface area contributed by atoms with Crippen molar-refractivity contribution in [2.24, 2.45) is 17.8 Å². The third-order valence-corrected chi connectivity index (χ3v) is 8.02. The molecule has 2 amide bonds. The summed E-state index contributed by atoms with van der Waals surface area (Å²) < 4.78 is 59.1. The lowest BCUT2D eigenvalue weighted by Crippen LogP contribution is -2.48. The standard InChI is InChI=1S/C31H29F4N3O3/c1-16(2)26-20-6-7-21(26)28(27(20)30(40)37-19-5-8-24(32)23(15-19)31(33,34)35)38-29(39)22-14-18(4-9-25(22)41-3)17-10-12-36-13-11-17/h4-5,8-15,20-21,27-28H,6-7H2,1-3H3,(H,37,40)(H,38,39)/t20?,21?,27-,28+/m0/s1. The lowest BCUT2D eigenvalue weighted by Gasteiger charge is -2.30. The molecule has 2 unspecified atom stereocenters. The molecule has 4 atom stereocenters. The Hall–Kier alpha value is -4.21. The molecule has 2 bridgehead atoms. The van der Waals surface area contributed by atoms with Crippen LogP contribution >= 0.6 is 0 Å². The minimum Gasteiger partial charge on any atom is -0.496 e. The molecule has 10 heteroatoms. The first-order valence-corrected chi connectivity index (χ1v) is 13.2. The molecule has 1 heterocycles. The molecule has 6 nitrogen and oxygen atoms in total. The number of nitrogens with zero attached hydrogens (tertiary/aromatic N) is 1. The lowest BCUT2D eigenvalue weighted by molar-refractivity contribution is -0.140. The Morgan fingerprint density at radius 1 is 0.951 bits per heavy atom. The number of hydrogen-bond acceptors (Lipinski definition) is 4. The summed E-state index contributed by atoms with van der Waals surface area (Å²) in [5.41, 5.74) is 2.44. The van der Waals surface area contributed by atoms with Crippen LogP contribution in [0.3, 0.4) is 0 Å². The van der Waals surface area contributed by atoms with E-state index in [1.165, 1.54) is 7.11 Å². The molecule has 2 N–H and O–H groups in total. The molecule has 2 aliphatic carbocycles. The van der Waals surface area contributed by atoms with E-state index in [9.17, 15) is 27.2 Å². The number of ether oxygens (including phenoxy) is 1. The summed E-state index contributed by atoms with van der Waals surface area (Å²) in [6.07, 6.45) is -0.127. The molecule has 2 saturated carbocycles. The summed E-state index contributed by atoms with van der Waals surface area (Å²) in [5.74, 6) is -3.02. The normalized spacial score (nSPS) is 21.5. The van der Waals surface area contributed by atoms with E-state index in [2.05, 4.69) is 15.6 Å². The predicted molar refractivity (Wildman–Crippen MR) is 146 cm³/mol. The maximum absolute atomic E-state index is 13.8. The Morgan fingerprint density at radius 2 is 1.66 bits per heavy atom. The van der Waals surface area contributed by atoms with Crippen LogP contribution in [0.25, 0.3) is 11.1 Å². The van der Waals surface area contributed by atoms with Gasteiger partial charge >= 0.3 is 6.18 Å². The number of aromatic nitrogens is 1. The Bertz CT molecular complexity index is 1520. The van der Waals surface area contributed by atoms with Crippen LogP contribution in [-0.4, -0.2) is 29.9 Å². The summed E-state index contributed by atoms with van der Waals surface area (Å²) in [5, 5.41) is 5.61. The Kier molecular flexibility index (Phi) is 7.59. The van der Waals surface area contributed by atoms with E-state index in [0.29, 0.717) is 24.3 Å². The second-order valence-corrected chi connectivity index (χ2v) is 10.6. The van der Waals surface area contributed by atoms with Crippen molar-refractivity contribution in [2.75, 3.05) is 12.4 Å². The molecule has 0 spiro atoms. The van der Waals surface area contributed by atoms with Crippen LogP contribution in [0, 0.1) is 23.6 Å². The summed E-state index contributed by atoms with van der Waals surface area (Å²) >= 11 is 0. The molecule has 2 aliphatic rings. The average molecular weight is 568 g/mol. The second-order valence-electron chi connectivity index (χ2n) is 10.6. The van der Waals surface area contributed by atoms with Gasteiger partial charge in [0.15, 0.2) is 0 Å². The van der Waals surface area contributed by atoms with Gasteiger partial charge in [-0.3, -0.25) is 14.6 Å². The fourth-order valence-electron chi connectivity index (χ4n) is 6.35. The van der Waals surface area contributed by atoms with E-state index in [-0.39, 0.29) is 23.1 Å². The average Bonchev–Trinajstić information content (AvgIpc) is 3.50. The quantitative estimate of drug-likeness (QED) is 0.258. The fraction of sp³-hybridized carbons (Fsp3) is 0.323. The molecule has 0 aliphatic heterocycles. The van der Waals surface area contributed by atoms with Crippen LogP contribution in [0.4, 0.5) is 23.2 Å². The Labute approximate surface area is 234 Å². The van der Waals surface area contributed by atoms with Crippen molar-refractivity contribution in [3.05, 3.63) is 89.0 Å². The van der Waals surface area contributed by atoms with Gasteiger partial charge in [-0.15, -0.1) is 0 Å². The van der Waals surface area contributed by atoms with Crippen molar-refractivity contribution in [1.82, 2.24) is 10.3 Å². The lowest BCUT2D eigenvalue weighted by atomic mass is 9.83. The molecule has 2 aromatic carbocycles. The molecule has 214 valence electrons. The van der Waals surface area contributed by atoms with Crippen molar-refractivity contribution in [1.29, 1.82) is 0 Å². The van der Waals surface area contributed by atoms with Crippen LogP contribution in [0.2, 0.25) is 0 Å². The van der Waals surface area contributed by atoms with Gasteiger partial charge in [0, 0.05) is 30.0 Å². The molecule has 2 fully saturated rings. The van der Waals surface area contributed by atoms with Gasteiger partial charge < -0.3 is 15.4 Å². The minimum atomic E-state index is -4.91. The summed E-state index contributed by atoms with van der Waals surface area (Å²) in [6, 6.07) is 10.7. The highest BCUT2D eigenvalue weighted by molar-refractivity contribution is 6.00. The van der Waals surface area contributed by atoms with Gasteiger partial charge in [0.1, 0.15) is 11.6 Å². The monoisotopic (exact) mass is 567 g/mol. The van der Waals surface area contributed by atoms with Crippen molar-refractivity contribution < 1.29 is 31.9 Å². The third kappa shape index (κ3) is 5.42. The number of hydrogen-bond donors (Lipinski definition) is 2. The van der Waals surface area contributed by atoms with Crippen molar-refractivity contribution >= 4 is 17.5 Å². The first-order chi connectivity index (χ1) is 19.5. The topological polar surface area (TPSA) is 80.3 Å². The number of rotatable bonds is 6. The molecule has 0 saturated heterocycles. The zero-order chi connectivity index (χ0) is 29.5. The zero-order valence-electron chi connectivity index (χ0n) is 22.7. The molecule has 0 radical (unpaired) electrons. The number of methoxy groups -OCH3 is 1. The highest BCUT2D eigenvalue weighted by Gasteiger charge is 2.55. The summed E-state index contributed by atoms with van der Waals surface area (Å²) in [6.45, 7) is 3.91. The molecule has 3 aromatic rings. The number of benzene rings is 2. The summed E-state index contributed by atoms with van der Waals surface area (Å²) in [7, 11) is 1.46. The number of carbonyl (C=O) groups excluding carboxylic acids is 2. The first kappa shape index (κ1) is 28.3. The van der Waals surface area contributed by atoms with Gasteiger partial charge in [-0.25, -0.2) is 4.39 Å². The highest BCUT2D eigenvalue weighted by atomic mass is 19.4. The number of carbonyl (C=O) groups is 2. The molecule has 5 rings (SSSR count).